The van der Waals surface area contributed by atoms with Gasteiger partial charge >= 0.3 is 0 Å². The second-order valence-electron chi connectivity index (χ2n) is 5.29. The van der Waals surface area contributed by atoms with E-state index < -0.39 is 0 Å². The molecule has 0 aromatic carbocycles. The number of nitrogens with one attached hydrogen (secondary N) is 1. The van der Waals surface area contributed by atoms with Gasteiger partial charge < -0.3 is 10.2 Å². The van der Waals surface area contributed by atoms with Crippen molar-refractivity contribution in [3.63, 3.8) is 0 Å². The Kier molecular flexibility index (Phi) is 4.90. The molecule has 0 bridgehead atoms. The van der Waals surface area contributed by atoms with E-state index in [0.717, 1.165) is 24.3 Å². The van der Waals surface area contributed by atoms with Crippen LogP contribution in [-0.2, 0) is 0 Å². The van der Waals surface area contributed by atoms with Gasteiger partial charge in [-0.3, -0.25) is 0 Å². The molecule has 1 rings (SSSR count). The molecule has 84 valence electrons. The number of nitrogens with zero attached hydrogens (tertiary/aromatic N) is 1. The van der Waals surface area contributed by atoms with Crippen LogP contribution >= 0.6 is 0 Å². The predicted molar refractivity (Wildman–Crippen MR) is 62.5 cm³/mol. The normalized spacial score (nSPS) is 27.6. The third-order valence-corrected chi connectivity index (χ3v) is 3.35. The van der Waals surface area contributed by atoms with E-state index in [-0.39, 0.29) is 0 Å². The summed E-state index contributed by atoms with van der Waals surface area (Å²) >= 11 is 0. The average molecular weight is 198 g/mol. The Hall–Kier alpha value is -0.0800. The van der Waals surface area contributed by atoms with Gasteiger partial charge in [0.25, 0.3) is 0 Å². The molecular formula is C12H26N2. The SMILES string of the molecule is CC1CNCCN(CC(C)C(C)C)C1. The third-order valence-electron chi connectivity index (χ3n) is 3.35. The average Bonchev–Trinajstić information content (AvgIpc) is 2.29. The molecule has 1 saturated heterocycles. The van der Waals surface area contributed by atoms with Crippen molar-refractivity contribution in [2.45, 2.75) is 27.7 Å². The quantitative estimate of drug-likeness (QED) is 0.744. The van der Waals surface area contributed by atoms with Crippen LogP contribution in [0.4, 0.5) is 0 Å². The summed E-state index contributed by atoms with van der Waals surface area (Å²) in [7, 11) is 0. The monoisotopic (exact) mass is 198 g/mol. The van der Waals surface area contributed by atoms with E-state index in [9.17, 15) is 0 Å². The lowest BCUT2D eigenvalue weighted by atomic mass is 9.97. The Balaban J connectivity index is 2.34. The summed E-state index contributed by atoms with van der Waals surface area (Å²) in [5.41, 5.74) is 0. The van der Waals surface area contributed by atoms with Gasteiger partial charge in [0.05, 0.1) is 0 Å². The number of hydrogen-bond donors (Lipinski definition) is 1. The molecule has 0 aliphatic carbocycles. The van der Waals surface area contributed by atoms with E-state index in [0.29, 0.717) is 0 Å². The molecule has 0 aromatic heterocycles. The van der Waals surface area contributed by atoms with Gasteiger partial charge in [-0.25, -0.2) is 0 Å². The van der Waals surface area contributed by atoms with Crippen molar-refractivity contribution in [2.75, 3.05) is 32.7 Å². The van der Waals surface area contributed by atoms with Gasteiger partial charge in [-0.1, -0.05) is 27.7 Å². The fourth-order valence-electron chi connectivity index (χ4n) is 1.97. The zero-order chi connectivity index (χ0) is 10.6. The van der Waals surface area contributed by atoms with Crippen molar-refractivity contribution >= 4 is 0 Å². The lowest BCUT2D eigenvalue weighted by Gasteiger charge is -2.27. The van der Waals surface area contributed by atoms with Gasteiger partial charge in [0.15, 0.2) is 0 Å². The molecule has 2 atom stereocenters. The van der Waals surface area contributed by atoms with E-state index in [2.05, 4.69) is 37.9 Å². The Morgan fingerprint density at radius 2 is 2.07 bits per heavy atom. The summed E-state index contributed by atoms with van der Waals surface area (Å²) in [6.07, 6.45) is 0. The van der Waals surface area contributed by atoms with Gasteiger partial charge in [0.1, 0.15) is 0 Å². The van der Waals surface area contributed by atoms with Gasteiger partial charge in [-0.15, -0.1) is 0 Å². The first-order chi connectivity index (χ1) is 6.59. The first kappa shape index (κ1) is 12.0. The van der Waals surface area contributed by atoms with Crippen molar-refractivity contribution in [1.29, 1.82) is 0 Å². The second kappa shape index (κ2) is 5.72. The number of hydrogen-bond acceptors (Lipinski definition) is 2. The van der Waals surface area contributed by atoms with Crippen molar-refractivity contribution in [3.8, 4) is 0 Å². The summed E-state index contributed by atoms with van der Waals surface area (Å²) in [4.78, 5) is 2.62. The van der Waals surface area contributed by atoms with Crippen LogP contribution in [-0.4, -0.2) is 37.6 Å². The van der Waals surface area contributed by atoms with Crippen LogP contribution in [0.1, 0.15) is 27.7 Å². The topological polar surface area (TPSA) is 15.3 Å². The maximum atomic E-state index is 3.49. The number of rotatable bonds is 3. The Morgan fingerprint density at radius 1 is 1.36 bits per heavy atom. The standard InChI is InChI=1S/C12H26N2/c1-10(2)12(4)9-14-6-5-13-7-11(3)8-14/h10-13H,5-9H2,1-4H3. The highest BCUT2D eigenvalue weighted by atomic mass is 15.2. The fraction of sp³-hybridized carbons (Fsp3) is 1.00. The van der Waals surface area contributed by atoms with E-state index in [1.165, 1.54) is 26.2 Å². The molecule has 0 radical (unpaired) electrons. The van der Waals surface area contributed by atoms with E-state index >= 15 is 0 Å². The van der Waals surface area contributed by atoms with Crippen molar-refractivity contribution in [2.24, 2.45) is 17.8 Å². The molecule has 1 aliphatic rings. The minimum atomic E-state index is 0.803. The van der Waals surface area contributed by atoms with E-state index in [1.807, 2.05) is 0 Å². The molecule has 1 heterocycles. The molecule has 0 amide bonds. The summed E-state index contributed by atoms with van der Waals surface area (Å²) in [5, 5.41) is 3.49. The highest BCUT2D eigenvalue weighted by molar-refractivity contribution is 4.73. The molecule has 2 unspecified atom stereocenters. The maximum absolute atomic E-state index is 3.49. The largest absolute Gasteiger partial charge is 0.315 e. The van der Waals surface area contributed by atoms with Gasteiger partial charge in [-0.05, 0) is 24.3 Å². The van der Waals surface area contributed by atoms with Crippen LogP contribution in [0.2, 0.25) is 0 Å². The first-order valence-corrected chi connectivity index (χ1v) is 6.02. The molecule has 1 aliphatic heterocycles. The lowest BCUT2D eigenvalue weighted by molar-refractivity contribution is 0.206. The van der Waals surface area contributed by atoms with Crippen molar-refractivity contribution in [3.05, 3.63) is 0 Å². The molecule has 1 N–H and O–H groups in total. The molecule has 2 nitrogen and oxygen atoms in total. The van der Waals surface area contributed by atoms with Crippen LogP contribution in [0.3, 0.4) is 0 Å². The summed E-state index contributed by atoms with van der Waals surface area (Å²) in [5.74, 6) is 2.43. The maximum Gasteiger partial charge on any atom is 0.0107 e. The third kappa shape index (κ3) is 3.97. The van der Waals surface area contributed by atoms with Crippen LogP contribution in [0, 0.1) is 17.8 Å². The Morgan fingerprint density at radius 3 is 2.71 bits per heavy atom. The second-order valence-corrected chi connectivity index (χ2v) is 5.29. The van der Waals surface area contributed by atoms with Gasteiger partial charge in [0.2, 0.25) is 0 Å². The summed E-state index contributed by atoms with van der Waals surface area (Å²) in [6.45, 7) is 15.5. The van der Waals surface area contributed by atoms with E-state index in [1.54, 1.807) is 0 Å². The Labute approximate surface area is 89.1 Å². The van der Waals surface area contributed by atoms with Gasteiger partial charge in [0, 0.05) is 26.2 Å². The summed E-state index contributed by atoms with van der Waals surface area (Å²) < 4.78 is 0. The predicted octanol–water partition coefficient (Wildman–Crippen LogP) is 1.82. The van der Waals surface area contributed by atoms with Crippen LogP contribution in [0.5, 0.6) is 0 Å². The molecule has 0 aromatic rings. The highest BCUT2D eigenvalue weighted by Crippen LogP contribution is 2.13. The lowest BCUT2D eigenvalue weighted by Crippen LogP contribution is -2.34. The molecule has 14 heavy (non-hydrogen) atoms. The highest BCUT2D eigenvalue weighted by Gasteiger charge is 2.17. The molecular weight excluding hydrogens is 172 g/mol. The first-order valence-electron chi connectivity index (χ1n) is 6.02. The van der Waals surface area contributed by atoms with Crippen LogP contribution in [0.25, 0.3) is 0 Å². The molecule has 0 saturated carbocycles. The van der Waals surface area contributed by atoms with Crippen LogP contribution in [0.15, 0.2) is 0 Å². The van der Waals surface area contributed by atoms with Gasteiger partial charge in [-0.2, -0.15) is 0 Å². The minimum Gasteiger partial charge on any atom is -0.315 e. The molecule has 1 fully saturated rings. The Bertz CT molecular complexity index is 156. The summed E-state index contributed by atoms with van der Waals surface area (Å²) in [6, 6.07) is 0. The van der Waals surface area contributed by atoms with Crippen molar-refractivity contribution < 1.29 is 0 Å². The van der Waals surface area contributed by atoms with Crippen LogP contribution < -0.4 is 5.32 Å². The van der Waals surface area contributed by atoms with Crippen molar-refractivity contribution in [1.82, 2.24) is 10.2 Å². The van der Waals surface area contributed by atoms with E-state index in [4.69, 9.17) is 0 Å². The zero-order valence-corrected chi connectivity index (χ0v) is 10.2. The minimum absolute atomic E-state index is 0.803. The zero-order valence-electron chi connectivity index (χ0n) is 10.2. The molecule has 0 spiro atoms. The molecule has 2 heteroatoms. The fourth-order valence-corrected chi connectivity index (χ4v) is 1.97. The smallest absolute Gasteiger partial charge is 0.0107 e.